The Morgan fingerprint density at radius 1 is 1.08 bits per heavy atom. The minimum Gasteiger partial charge on any atom is -0.330 e. The first-order chi connectivity index (χ1) is 6.16. The predicted molar refractivity (Wildman–Crippen MR) is 59.9 cm³/mol. The number of nitrogens with zero attached hydrogens (tertiary/aromatic N) is 1. The smallest absolute Gasteiger partial charge is 0.000133 e. The van der Waals surface area contributed by atoms with Crippen LogP contribution in [-0.2, 0) is 0 Å². The Balaban J connectivity index is 3.12. The van der Waals surface area contributed by atoms with Gasteiger partial charge in [-0.1, -0.05) is 26.7 Å². The van der Waals surface area contributed by atoms with Gasteiger partial charge in [0.05, 0.1) is 0 Å². The average Bonchev–Trinajstić information content (AvgIpc) is 2.02. The van der Waals surface area contributed by atoms with Crippen LogP contribution in [0.15, 0.2) is 0 Å². The molecule has 0 rings (SSSR count). The van der Waals surface area contributed by atoms with Crippen LogP contribution < -0.4 is 5.73 Å². The van der Waals surface area contributed by atoms with Crippen molar-refractivity contribution >= 4 is 0 Å². The van der Waals surface area contributed by atoms with Crippen LogP contribution in [0.1, 0.15) is 39.5 Å². The molecule has 0 aromatic rings. The lowest BCUT2D eigenvalue weighted by Crippen LogP contribution is -2.24. The molecule has 0 amide bonds. The SMILES string of the molecule is CC(C)CN(C)CCCCCCN. The van der Waals surface area contributed by atoms with E-state index in [1.165, 1.54) is 38.8 Å². The third-order valence-corrected chi connectivity index (χ3v) is 2.17. The second-order valence-corrected chi connectivity index (χ2v) is 4.36. The quantitative estimate of drug-likeness (QED) is 0.588. The van der Waals surface area contributed by atoms with Gasteiger partial charge in [0.1, 0.15) is 0 Å². The first kappa shape index (κ1) is 12.9. The van der Waals surface area contributed by atoms with Gasteiger partial charge in [-0.05, 0) is 38.9 Å². The minimum absolute atomic E-state index is 0.786. The molecule has 0 aromatic heterocycles. The summed E-state index contributed by atoms with van der Waals surface area (Å²) in [7, 11) is 2.21. The van der Waals surface area contributed by atoms with Gasteiger partial charge >= 0.3 is 0 Å². The maximum absolute atomic E-state index is 5.43. The molecule has 0 radical (unpaired) electrons. The highest BCUT2D eigenvalue weighted by atomic mass is 15.1. The summed E-state index contributed by atoms with van der Waals surface area (Å²) in [5.41, 5.74) is 5.43. The van der Waals surface area contributed by atoms with Crippen molar-refractivity contribution in [2.75, 3.05) is 26.7 Å². The summed E-state index contributed by atoms with van der Waals surface area (Å²) in [5.74, 6) is 0.786. The zero-order valence-corrected chi connectivity index (χ0v) is 9.55. The topological polar surface area (TPSA) is 29.3 Å². The zero-order valence-electron chi connectivity index (χ0n) is 9.55. The van der Waals surface area contributed by atoms with Gasteiger partial charge in [0.25, 0.3) is 0 Å². The third kappa shape index (κ3) is 9.84. The Kier molecular flexibility index (Phi) is 8.46. The van der Waals surface area contributed by atoms with Gasteiger partial charge in [0, 0.05) is 6.54 Å². The van der Waals surface area contributed by atoms with Crippen LogP contribution in [0.3, 0.4) is 0 Å². The lowest BCUT2D eigenvalue weighted by atomic mass is 10.1. The summed E-state index contributed by atoms with van der Waals surface area (Å²) in [6.45, 7) is 7.84. The van der Waals surface area contributed by atoms with Gasteiger partial charge in [0.15, 0.2) is 0 Å². The standard InChI is InChI=1S/C11H26N2/c1-11(2)10-13(3)9-7-5-4-6-8-12/h11H,4-10,12H2,1-3H3. The molecule has 0 fully saturated rings. The van der Waals surface area contributed by atoms with Crippen LogP contribution in [-0.4, -0.2) is 31.6 Å². The Morgan fingerprint density at radius 3 is 2.23 bits per heavy atom. The van der Waals surface area contributed by atoms with Crippen molar-refractivity contribution in [3.8, 4) is 0 Å². The van der Waals surface area contributed by atoms with E-state index in [0.29, 0.717) is 0 Å². The lowest BCUT2D eigenvalue weighted by Gasteiger charge is -2.18. The Hall–Kier alpha value is -0.0800. The summed E-state index contributed by atoms with van der Waals surface area (Å²) < 4.78 is 0. The molecule has 0 bridgehead atoms. The molecule has 0 aliphatic carbocycles. The fraction of sp³-hybridized carbons (Fsp3) is 1.00. The van der Waals surface area contributed by atoms with E-state index >= 15 is 0 Å². The number of hydrogen-bond donors (Lipinski definition) is 1. The summed E-state index contributed by atoms with van der Waals surface area (Å²) in [4.78, 5) is 2.42. The molecule has 0 saturated heterocycles. The first-order valence-electron chi connectivity index (χ1n) is 5.55. The van der Waals surface area contributed by atoms with Crippen molar-refractivity contribution in [2.24, 2.45) is 11.7 Å². The van der Waals surface area contributed by atoms with Crippen molar-refractivity contribution in [3.05, 3.63) is 0 Å². The molecule has 13 heavy (non-hydrogen) atoms. The highest BCUT2D eigenvalue weighted by Crippen LogP contribution is 2.02. The molecule has 0 heterocycles. The molecule has 0 unspecified atom stereocenters. The molecule has 2 heteroatoms. The second kappa shape index (κ2) is 8.52. The molecule has 0 aliphatic rings. The van der Waals surface area contributed by atoms with E-state index < -0.39 is 0 Å². The molecule has 2 nitrogen and oxygen atoms in total. The monoisotopic (exact) mass is 186 g/mol. The lowest BCUT2D eigenvalue weighted by molar-refractivity contribution is 0.288. The van der Waals surface area contributed by atoms with Gasteiger partial charge in [-0.3, -0.25) is 0 Å². The first-order valence-corrected chi connectivity index (χ1v) is 5.55. The van der Waals surface area contributed by atoms with Crippen molar-refractivity contribution in [1.82, 2.24) is 4.90 Å². The van der Waals surface area contributed by atoms with E-state index in [1.54, 1.807) is 0 Å². The van der Waals surface area contributed by atoms with E-state index in [-0.39, 0.29) is 0 Å². The maximum Gasteiger partial charge on any atom is 0.000133 e. The average molecular weight is 186 g/mol. The molecule has 0 spiro atoms. The highest BCUT2D eigenvalue weighted by Gasteiger charge is 2.00. The van der Waals surface area contributed by atoms with E-state index in [9.17, 15) is 0 Å². The highest BCUT2D eigenvalue weighted by molar-refractivity contribution is 4.55. The summed E-state index contributed by atoms with van der Waals surface area (Å²) in [5, 5.41) is 0. The van der Waals surface area contributed by atoms with E-state index in [4.69, 9.17) is 5.73 Å². The van der Waals surface area contributed by atoms with Gasteiger partial charge in [0.2, 0.25) is 0 Å². The van der Waals surface area contributed by atoms with Crippen LogP contribution >= 0.6 is 0 Å². The molecular weight excluding hydrogens is 160 g/mol. The number of unbranched alkanes of at least 4 members (excludes halogenated alkanes) is 3. The Morgan fingerprint density at radius 2 is 1.69 bits per heavy atom. The van der Waals surface area contributed by atoms with Crippen LogP contribution in [0.25, 0.3) is 0 Å². The van der Waals surface area contributed by atoms with Gasteiger partial charge in [-0.25, -0.2) is 0 Å². The van der Waals surface area contributed by atoms with Gasteiger partial charge in [-0.15, -0.1) is 0 Å². The molecule has 0 saturated carbocycles. The fourth-order valence-corrected chi connectivity index (χ4v) is 1.59. The molecule has 0 aliphatic heterocycles. The largest absolute Gasteiger partial charge is 0.330 e. The van der Waals surface area contributed by atoms with Crippen molar-refractivity contribution in [1.29, 1.82) is 0 Å². The summed E-state index contributed by atoms with van der Waals surface area (Å²) >= 11 is 0. The van der Waals surface area contributed by atoms with Gasteiger partial charge < -0.3 is 10.6 Å². The molecular formula is C11H26N2. The molecule has 2 N–H and O–H groups in total. The number of hydrogen-bond acceptors (Lipinski definition) is 2. The van der Waals surface area contributed by atoms with Crippen LogP contribution in [0, 0.1) is 5.92 Å². The van der Waals surface area contributed by atoms with Crippen LogP contribution in [0.2, 0.25) is 0 Å². The molecule has 0 aromatic carbocycles. The van der Waals surface area contributed by atoms with Crippen LogP contribution in [0.4, 0.5) is 0 Å². The fourth-order valence-electron chi connectivity index (χ4n) is 1.59. The van der Waals surface area contributed by atoms with E-state index in [0.717, 1.165) is 12.5 Å². The van der Waals surface area contributed by atoms with E-state index in [1.807, 2.05) is 0 Å². The molecule has 0 atom stereocenters. The molecule has 80 valence electrons. The van der Waals surface area contributed by atoms with E-state index in [2.05, 4.69) is 25.8 Å². The summed E-state index contributed by atoms with van der Waals surface area (Å²) in [6.07, 6.45) is 5.14. The second-order valence-electron chi connectivity index (χ2n) is 4.36. The third-order valence-electron chi connectivity index (χ3n) is 2.17. The van der Waals surface area contributed by atoms with Crippen molar-refractivity contribution in [2.45, 2.75) is 39.5 Å². The Labute approximate surface area is 83.5 Å². The zero-order chi connectivity index (χ0) is 10.1. The van der Waals surface area contributed by atoms with Crippen molar-refractivity contribution in [3.63, 3.8) is 0 Å². The predicted octanol–water partition coefficient (Wildman–Crippen LogP) is 2.09. The van der Waals surface area contributed by atoms with Crippen LogP contribution in [0.5, 0.6) is 0 Å². The minimum atomic E-state index is 0.786. The summed E-state index contributed by atoms with van der Waals surface area (Å²) in [6, 6.07) is 0. The normalized spacial score (nSPS) is 11.5. The maximum atomic E-state index is 5.43. The van der Waals surface area contributed by atoms with Crippen molar-refractivity contribution < 1.29 is 0 Å². The van der Waals surface area contributed by atoms with Gasteiger partial charge in [-0.2, -0.15) is 0 Å². The Bertz CT molecular complexity index is 102. The number of rotatable bonds is 8. The number of nitrogens with two attached hydrogens (primary N) is 1.